The molecular weight excluding hydrogens is 256 g/mol. The number of halogens is 1. The largest absolute Gasteiger partial charge is 0.491 e. The maximum atomic E-state index is 9.80. The van der Waals surface area contributed by atoms with Gasteiger partial charge < -0.3 is 9.84 Å². The summed E-state index contributed by atoms with van der Waals surface area (Å²) < 4.78 is 5.47. The molecule has 90 valence electrons. The fourth-order valence-electron chi connectivity index (χ4n) is 1.49. The fraction of sp³-hybridized carbons (Fsp3) is 0.231. The quantitative estimate of drug-likeness (QED) is 0.901. The van der Waals surface area contributed by atoms with Crippen LogP contribution in [0, 0.1) is 0 Å². The molecule has 2 rings (SSSR count). The van der Waals surface area contributed by atoms with Crippen LogP contribution >= 0.6 is 22.9 Å². The Morgan fingerprint density at radius 3 is 2.94 bits per heavy atom. The standard InChI is InChI=1S/C13H13ClO2S/c14-11-2-1-3-13(7-11)16-8-12(15)6-10-4-5-17-9-10/h1-5,7,9,12,15H,6,8H2. The number of aliphatic hydroxyl groups excluding tert-OH is 1. The van der Waals surface area contributed by atoms with Crippen molar-refractivity contribution in [3.63, 3.8) is 0 Å². The highest BCUT2D eigenvalue weighted by Gasteiger charge is 2.07. The minimum absolute atomic E-state index is 0.274. The van der Waals surface area contributed by atoms with Crippen LogP contribution in [0.25, 0.3) is 0 Å². The smallest absolute Gasteiger partial charge is 0.120 e. The van der Waals surface area contributed by atoms with Gasteiger partial charge in [0.2, 0.25) is 0 Å². The van der Waals surface area contributed by atoms with Crippen LogP contribution in [0.3, 0.4) is 0 Å². The third-order valence-electron chi connectivity index (χ3n) is 2.29. The zero-order valence-electron chi connectivity index (χ0n) is 9.17. The molecule has 1 aromatic heterocycles. The van der Waals surface area contributed by atoms with Gasteiger partial charge in [-0.2, -0.15) is 11.3 Å². The topological polar surface area (TPSA) is 29.5 Å². The lowest BCUT2D eigenvalue weighted by molar-refractivity contribution is 0.108. The van der Waals surface area contributed by atoms with Crippen LogP contribution in [0.2, 0.25) is 5.02 Å². The summed E-state index contributed by atoms with van der Waals surface area (Å²) in [5, 5.41) is 14.5. The third kappa shape index (κ3) is 4.04. The van der Waals surface area contributed by atoms with E-state index in [2.05, 4.69) is 0 Å². The normalized spacial score (nSPS) is 12.4. The molecule has 0 spiro atoms. The Balaban J connectivity index is 1.82. The van der Waals surface area contributed by atoms with E-state index in [9.17, 15) is 5.11 Å². The van der Waals surface area contributed by atoms with Crippen molar-refractivity contribution in [2.75, 3.05) is 6.61 Å². The minimum Gasteiger partial charge on any atom is -0.491 e. The molecule has 1 unspecified atom stereocenters. The maximum absolute atomic E-state index is 9.80. The SMILES string of the molecule is OC(COc1cccc(Cl)c1)Cc1ccsc1. The van der Waals surface area contributed by atoms with E-state index >= 15 is 0 Å². The highest BCUT2D eigenvalue weighted by atomic mass is 35.5. The van der Waals surface area contributed by atoms with E-state index in [0.717, 1.165) is 5.56 Å². The predicted octanol–water partition coefficient (Wildman–Crippen LogP) is 3.38. The molecule has 0 saturated carbocycles. The molecule has 4 heteroatoms. The van der Waals surface area contributed by atoms with Gasteiger partial charge in [-0.1, -0.05) is 17.7 Å². The van der Waals surface area contributed by atoms with Crippen LogP contribution in [0.5, 0.6) is 5.75 Å². The average molecular weight is 269 g/mol. The van der Waals surface area contributed by atoms with Gasteiger partial charge in [0.15, 0.2) is 0 Å². The van der Waals surface area contributed by atoms with Gasteiger partial charge in [-0.3, -0.25) is 0 Å². The molecule has 2 nitrogen and oxygen atoms in total. The number of hydrogen-bond acceptors (Lipinski definition) is 3. The van der Waals surface area contributed by atoms with Crippen LogP contribution in [0.4, 0.5) is 0 Å². The van der Waals surface area contributed by atoms with Crippen molar-refractivity contribution in [2.45, 2.75) is 12.5 Å². The number of hydrogen-bond donors (Lipinski definition) is 1. The summed E-state index contributed by atoms with van der Waals surface area (Å²) in [4.78, 5) is 0. The first-order valence-corrected chi connectivity index (χ1v) is 6.63. The predicted molar refractivity (Wildman–Crippen MR) is 71.0 cm³/mol. The summed E-state index contributed by atoms with van der Waals surface area (Å²) in [5.41, 5.74) is 1.14. The first kappa shape index (κ1) is 12.4. The second-order valence-corrected chi connectivity index (χ2v) is 4.97. The molecule has 0 saturated heterocycles. The molecule has 0 radical (unpaired) electrons. The summed E-state index contributed by atoms with van der Waals surface area (Å²) in [6.45, 7) is 0.274. The van der Waals surface area contributed by atoms with Gasteiger partial charge in [-0.15, -0.1) is 0 Å². The van der Waals surface area contributed by atoms with Gasteiger partial charge in [0.25, 0.3) is 0 Å². The summed E-state index contributed by atoms with van der Waals surface area (Å²) >= 11 is 7.46. The van der Waals surface area contributed by atoms with E-state index in [-0.39, 0.29) is 6.61 Å². The van der Waals surface area contributed by atoms with Gasteiger partial charge in [-0.25, -0.2) is 0 Å². The molecule has 1 aromatic carbocycles. The van der Waals surface area contributed by atoms with Crippen LogP contribution in [0.15, 0.2) is 41.1 Å². The van der Waals surface area contributed by atoms with Crippen molar-refractivity contribution in [3.8, 4) is 5.75 Å². The Kier molecular flexibility index (Phi) is 4.42. The number of benzene rings is 1. The van der Waals surface area contributed by atoms with Gasteiger partial charge >= 0.3 is 0 Å². The molecular formula is C13H13ClO2S. The van der Waals surface area contributed by atoms with Crippen LogP contribution in [0.1, 0.15) is 5.56 Å². The molecule has 0 aliphatic heterocycles. The summed E-state index contributed by atoms with van der Waals surface area (Å²) in [6.07, 6.45) is 0.118. The maximum Gasteiger partial charge on any atom is 0.120 e. The van der Waals surface area contributed by atoms with E-state index in [1.165, 1.54) is 0 Å². The Hall–Kier alpha value is -1.03. The highest BCUT2D eigenvalue weighted by molar-refractivity contribution is 7.07. The van der Waals surface area contributed by atoms with E-state index < -0.39 is 6.10 Å². The fourth-order valence-corrected chi connectivity index (χ4v) is 2.35. The lowest BCUT2D eigenvalue weighted by atomic mass is 10.1. The number of aliphatic hydroxyl groups is 1. The molecule has 1 heterocycles. The summed E-state index contributed by atoms with van der Waals surface area (Å²) in [5.74, 6) is 0.682. The molecule has 1 N–H and O–H groups in total. The summed E-state index contributed by atoms with van der Waals surface area (Å²) in [6, 6.07) is 9.18. The zero-order chi connectivity index (χ0) is 12.1. The van der Waals surface area contributed by atoms with Gasteiger partial charge in [-0.05, 0) is 40.6 Å². The average Bonchev–Trinajstić information content (AvgIpc) is 2.79. The second kappa shape index (κ2) is 6.05. The molecule has 0 bridgehead atoms. The number of thiophene rings is 1. The number of ether oxygens (including phenoxy) is 1. The second-order valence-electron chi connectivity index (χ2n) is 3.76. The van der Waals surface area contributed by atoms with Gasteiger partial charge in [0.1, 0.15) is 12.4 Å². The Bertz CT molecular complexity index is 456. The molecule has 0 aliphatic rings. The van der Waals surface area contributed by atoms with Crippen LogP contribution in [-0.2, 0) is 6.42 Å². The van der Waals surface area contributed by atoms with E-state index in [0.29, 0.717) is 17.2 Å². The molecule has 0 fully saturated rings. The van der Waals surface area contributed by atoms with Gasteiger partial charge in [0, 0.05) is 11.4 Å². The van der Waals surface area contributed by atoms with Crippen molar-refractivity contribution in [1.82, 2.24) is 0 Å². The third-order valence-corrected chi connectivity index (χ3v) is 3.26. The van der Waals surface area contributed by atoms with E-state index in [1.807, 2.05) is 29.0 Å². The zero-order valence-corrected chi connectivity index (χ0v) is 10.7. The highest BCUT2D eigenvalue weighted by Crippen LogP contribution is 2.17. The molecule has 2 aromatic rings. The first-order valence-electron chi connectivity index (χ1n) is 5.31. The van der Waals surface area contributed by atoms with E-state index in [4.69, 9.17) is 16.3 Å². The van der Waals surface area contributed by atoms with Crippen molar-refractivity contribution in [3.05, 3.63) is 51.7 Å². The van der Waals surface area contributed by atoms with Crippen molar-refractivity contribution < 1.29 is 9.84 Å². The van der Waals surface area contributed by atoms with Crippen molar-refractivity contribution >= 4 is 22.9 Å². The van der Waals surface area contributed by atoms with Crippen LogP contribution < -0.4 is 4.74 Å². The first-order chi connectivity index (χ1) is 8.24. The molecule has 1 atom stereocenters. The molecule has 0 amide bonds. The van der Waals surface area contributed by atoms with Gasteiger partial charge in [0.05, 0.1) is 6.10 Å². The Labute approximate surface area is 109 Å². The lowest BCUT2D eigenvalue weighted by Gasteiger charge is -2.11. The van der Waals surface area contributed by atoms with Crippen molar-refractivity contribution in [2.24, 2.45) is 0 Å². The Morgan fingerprint density at radius 2 is 2.24 bits per heavy atom. The minimum atomic E-state index is -0.497. The molecule has 17 heavy (non-hydrogen) atoms. The van der Waals surface area contributed by atoms with E-state index in [1.54, 1.807) is 23.5 Å². The Morgan fingerprint density at radius 1 is 1.35 bits per heavy atom. The van der Waals surface area contributed by atoms with Crippen LogP contribution in [-0.4, -0.2) is 17.8 Å². The number of rotatable bonds is 5. The molecule has 0 aliphatic carbocycles. The lowest BCUT2D eigenvalue weighted by Crippen LogP contribution is -2.19. The monoisotopic (exact) mass is 268 g/mol. The van der Waals surface area contributed by atoms with Crippen molar-refractivity contribution in [1.29, 1.82) is 0 Å². The summed E-state index contributed by atoms with van der Waals surface area (Å²) in [7, 11) is 0.